The molecule has 0 aliphatic carbocycles. The van der Waals surface area contributed by atoms with Gasteiger partial charge in [0.15, 0.2) is 0 Å². The number of aromatic amines is 1. The molecule has 17 amide bonds. The second kappa shape index (κ2) is 48.7. The van der Waals surface area contributed by atoms with E-state index in [0.717, 1.165) is 36.3 Å². The zero-order chi connectivity index (χ0) is 96.4. The number of carbonyl (C=O) groups excluding carboxylic acids is 17. The lowest BCUT2D eigenvalue weighted by atomic mass is 10.00. The summed E-state index contributed by atoms with van der Waals surface area (Å²) in [6.07, 6.45) is 0.786. The quantitative estimate of drug-likeness (QED) is 0.0276. The summed E-state index contributed by atoms with van der Waals surface area (Å²) >= 11 is 0.741. The molecule has 23 N–H and O–H groups in total. The number of aromatic nitrogens is 2. The van der Waals surface area contributed by atoms with Crippen LogP contribution in [0.3, 0.4) is 0 Å². The molecule has 3 fully saturated rings. The highest BCUT2D eigenvalue weighted by atomic mass is 32.2. The van der Waals surface area contributed by atoms with Crippen molar-refractivity contribution >= 4 is 140 Å². The fraction of sp³-hybridized carbons (Fsp3) is 0.540. The number of carboxylic acids is 1. The van der Waals surface area contributed by atoms with E-state index < -0.39 is 267 Å². The zero-order valence-electron chi connectivity index (χ0n) is 74.6. The van der Waals surface area contributed by atoms with Gasteiger partial charge in [0, 0.05) is 113 Å². The highest BCUT2D eigenvalue weighted by Crippen LogP contribution is 2.29. The lowest BCUT2D eigenvalue weighted by molar-refractivity contribution is -0.149. The minimum atomic E-state index is -1.96. The van der Waals surface area contributed by atoms with Gasteiger partial charge in [-0.1, -0.05) is 102 Å². The van der Waals surface area contributed by atoms with Crippen molar-refractivity contribution in [3.63, 3.8) is 0 Å². The van der Waals surface area contributed by atoms with Crippen LogP contribution in [0.1, 0.15) is 122 Å². The van der Waals surface area contributed by atoms with Gasteiger partial charge in [0.05, 0.1) is 31.4 Å². The van der Waals surface area contributed by atoms with Crippen LogP contribution in [0.5, 0.6) is 5.75 Å². The number of aliphatic hydroxyl groups is 2. The number of aromatic hydroxyl groups is 1. The number of aliphatic carboxylic acids is 1. The maximum Gasteiger partial charge on any atom is 0.323 e. The number of para-hydroxylation sites is 2. The van der Waals surface area contributed by atoms with Gasteiger partial charge in [-0.05, 0) is 85.9 Å². The number of unbranched alkanes of at least 4 members (excludes halogenated alkanes) is 2. The number of hydrogen-bond donors (Lipinski definition) is 19. The van der Waals surface area contributed by atoms with E-state index in [9.17, 15) is 78.0 Å². The van der Waals surface area contributed by atoms with Gasteiger partial charge >= 0.3 is 5.97 Å². The minimum Gasteiger partial charge on any atom is -0.508 e. The Morgan fingerprint density at radius 3 is 1.74 bits per heavy atom. The number of phenolic OH excluding ortho intramolecular Hbond substituents is 1. The largest absolute Gasteiger partial charge is 0.508 e. The Balaban J connectivity index is 1.19. The molecular formula is C87H123N21O22S. The van der Waals surface area contributed by atoms with Crippen molar-refractivity contribution in [2.24, 2.45) is 28.9 Å². The molecule has 0 spiro atoms. The van der Waals surface area contributed by atoms with E-state index in [1.807, 2.05) is 6.92 Å². The number of H-pyrrole nitrogens is 1. The number of amides is 17. The lowest BCUT2D eigenvalue weighted by Gasteiger charge is -2.36. The Morgan fingerprint density at radius 2 is 1.11 bits per heavy atom. The van der Waals surface area contributed by atoms with Gasteiger partial charge in [-0.3, -0.25) is 86.3 Å². The van der Waals surface area contributed by atoms with Crippen LogP contribution in [-0.2, 0) is 112 Å². The number of benzene rings is 3. The maximum absolute atomic E-state index is 15.8. The number of nitrogens with two attached hydrogens (primary N) is 4. The first-order chi connectivity index (χ1) is 62.2. The molecule has 15 atom stereocenters. The minimum absolute atomic E-state index is 0.0265. The van der Waals surface area contributed by atoms with Crippen LogP contribution in [0.2, 0.25) is 0 Å². The van der Waals surface area contributed by atoms with Gasteiger partial charge in [0.1, 0.15) is 96.9 Å². The summed E-state index contributed by atoms with van der Waals surface area (Å²) in [5, 5.41) is 69.4. The standard InChI is InChI=1S/C87H123N21O22S/c1-9-11-21-66-80(123)99-62(37-89)78(121)102-64(75(118)93-39-71(91)113)44-131-45-72(114)94-58(31-48-25-27-51(110)28-26-48)83(126)103(6)47(5)74(117)96-60(35-70(90)112)85(128)107-29-17-24-67(107)81(124)100-61(36-88)77(120)97-57(30-46(3)4)86(129)108-41-52(111)34-69(108)82(125)95-56(32-49-38-92-55-20-15-13-18-53(49)55)76(119)101-63(43-109)79(122)98-59(84(127)105(8)68(22-12-10-2)87(130)104(66)7)33-50-40-106(42-73(115)116)65-23-16-14-19-54(50)65/h13-16,18-20,23,25-28,38,40,46-47,52,56-64,66-69,92,109-111H,9-12,17,21-22,24,29-37,39,41-45,88-89H2,1-8H3,(H2,90,112)(H2,91,113)(H,93,118)(H,94,114)(H,95,125)(H,96,117)(H,97,120)(H,98,122)(H,99,123)(H,100,124)(H,101,119)(H,102,121)(H,115,116)/t47-,52+,56-,57-,58-,59-,60-,61-,62-,63-,64-,66-,67-,68-,69-/m0/s1. The normalized spacial score (nSPS) is 25.2. The molecule has 3 aliphatic rings. The van der Waals surface area contributed by atoms with E-state index in [4.69, 9.17) is 22.9 Å². The van der Waals surface area contributed by atoms with Gasteiger partial charge in [-0.15, -0.1) is 11.8 Å². The number of phenols is 1. The molecule has 131 heavy (non-hydrogen) atoms. The third-order valence-electron chi connectivity index (χ3n) is 23.3. The molecule has 8 rings (SSSR count). The maximum atomic E-state index is 15.8. The predicted octanol–water partition coefficient (Wildman–Crippen LogP) is -4.68. The Morgan fingerprint density at radius 1 is 0.565 bits per heavy atom. The van der Waals surface area contributed by atoms with E-state index in [1.54, 1.807) is 75.5 Å². The third kappa shape index (κ3) is 28.1. The average molecular weight is 1850 g/mol. The molecule has 0 unspecified atom stereocenters. The van der Waals surface area contributed by atoms with Crippen molar-refractivity contribution in [3.05, 3.63) is 102 Å². The summed E-state index contributed by atoms with van der Waals surface area (Å²) in [4.78, 5) is 268. The van der Waals surface area contributed by atoms with Gasteiger partial charge in [0.25, 0.3) is 0 Å². The number of fused-ring (bicyclic) bond motifs is 4. The number of primary amides is 2. The van der Waals surface area contributed by atoms with E-state index in [0.29, 0.717) is 57.8 Å². The van der Waals surface area contributed by atoms with Gasteiger partial charge < -0.3 is 131 Å². The monoisotopic (exact) mass is 1850 g/mol. The van der Waals surface area contributed by atoms with Crippen LogP contribution < -0.4 is 76.1 Å². The third-order valence-corrected chi connectivity index (χ3v) is 24.4. The highest BCUT2D eigenvalue weighted by Gasteiger charge is 2.47. The van der Waals surface area contributed by atoms with Crippen molar-refractivity contribution in [2.75, 3.05) is 72.0 Å². The molecule has 3 aliphatic heterocycles. The number of carbonyl (C=O) groups is 18. The summed E-state index contributed by atoms with van der Waals surface area (Å²) in [7, 11) is 3.78. The number of hydrogen-bond acceptors (Lipinski definition) is 24. The molecule has 5 heterocycles. The number of rotatable bonds is 24. The smallest absolute Gasteiger partial charge is 0.323 e. The van der Waals surface area contributed by atoms with Crippen LogP contribution >= 0.6 is 11.8 Å². The van der Waals surface area contributed by atoms with E-state index in [-0.39, 0.29) is 69.6 Å². The Labute approximate surface area is 760 Å². The number of likely N-dealkylation sites (N-methyl/N-ethyl adjacent to an activating group) is 3. The molecule has 0 bridgehead atoms. The van der Waals surface area contributed by atoms with Crippen molar-refractivity contribution in [1.29, 1.82) is 0 Å². The fourth-order valence-corrected chi connectivity index (χ4v) is 16.9. The Bertz CT molecular complexity index is 4970. The average Bonchev–Trinajstić information content (AvgIpc) is 1.10. The molecule has 3 saturated heterocycles. The molecule has 2 aromatic heterocycles. The van der Waals surface area contributed by atoms with Crippen LogP contribution in [0.25, 0.3) is 21.8 Å². The van der Waals surface area contributed by atoms with Crippen LogP contribution in [0.15, 0.2) is 85.2 Å². The SMILES string of the molecule is CCCC[C@H]1C(=O)N(C)[C@@H](CCCC)C(=O)N[C@@H](CN)C(=O)N[C@H](C(=O)NCC(N)=O)CSCC(=O)N[C@@H](Cc2ccc(O)cc2)C(=O)N(C)[C@@H](C)C(=O)N[C@@H](CC(N)=O)C(=O)N2CCC[C@H]2C(=O)N[C@@H](CN)C(=O)N[C@@H](CC(C)C)C(=O)N2C[C@H](O)C[C@H]2C(=O)N[C@@H](Cc2c[nH]c3ccccc23)C(=O)N[C@@H](CO)C(=O)N[C@@H](Cc2cn(CC(=O)O)c3ccccc23)C(=O)N1C. The molecule has 714 valence electrons. The Kier molecular flexibility index (Phi) is 38.5. The lowest BCUT2D eigenvalue weighted by Crippen LogP contribution is -2.62. The van der Waals surface area contributed by atoms with Crippen molar-refractivity contribution in [1.82, 2.24) is 87.2 Å². The van der Waals surface area contributed by atoms with Crippen LogP contribution in [-0.4, -0.2) is 324 Å². The number of carboxylic acid groups (broad SMARTS) is 1. The van der Waals surface area contributed by atoms with E-state index >= 15 is 28.8 Å². The summed E-state index contributed by atoms with van der Waals surface area (Å²) in [6, 6.07) is -3.43. The Hall–Kier alpha value is -12.8. The summed E-state index contributed by atoms with van der Waals surface area (Å²) in [5.41, 5.74) is 25.6. The molecule has 3 aromatic carbocycles. The highest BCUT2D eigenvalue weighted by molar-refractivity contribution is 8.00. The predicted molar refractivity (Wildman–Crippen MR) is 478 cm³/mol. The second-order valence-corrected chi connectivity index (χ2v) is 34.5. The molecule has 0 saturated carbocycles. The number of thioether (sulfide) groups is 1. The van der Waals surface area contributed by atoms with Crippen molar-refractivity contribution < 1.29 is 107 Å². The molecule has 5 aromatic rings. The van der Waals surface area contributed by atoms with Crippen molar-refractivity contribution in [2.45, 2.75) is 222 Å². The number of aliphatic hydroxyl groups excluding tert-OH is 2. The molecule has 0 radical (unpaired) electrons. The second-order valence-electron chi connectivity index (χ2n) is 33.5. The van der Waals surface area contributed by atoms with Crippen LogP contribution in [0.4, 0.5) is 0 Å². The van der Waals surface area contributed by atoms with Gasteiger partial charge in [-0.25, -0.2) is 0 Å². The topological polar surface area (TPSA) is 649 Å². The number of nitrogens with one attached hydrogen (secondary N) is 11. The first kappa shape index (κ1) is 104. The van der Waals surface area contributed by atoms with Crippen LogP contribution in [0, 0.1) is 5.92 Å². The van der Waals surface area contributed by atoms with E-state index in [1.165, 1.54) is 63.1 Å². The van der Waals surface area contributed by atoms with E-state index in [2.05, 4.69) is 58.2 Å². The molecule has 44 heteroatoms. The molecule has 43 nitrogen and oxygen atoms in total. The first-order valence-electron chi connectivity index (χ1n) is 43.6. The zero-order valence-corrected chi connectivity index (χ0v) is 75.4. The number of nitrogens with zero attached hydrogens (tertiary/aromatic N) is 6. The summed E-state index contributed by atoms with van der Waals surface area (Å²) in [5.74, 6) is -19.5. The van der Waals surface area contributed by atoms with Crippen molar-refractivity contribution in [3.8, 4) is 5.75 Å². The van der Waals surface area contributed by atoms with Gasteiger partial charge in [-0.2, -0.15) is 0 Å². The summed E-state index contributed by atoms with van der Waals surface area (Å²) in [6.45, 7) is 4.02. The molecular weight excluding hydrogens is 1720 g/mol. The van der Waals surface area contributed by atoms with Gasteiger partial charge in [0.2, 0.25) is 100 Å². The fourth-order valence-electron chi connectivity index (χ4n) is 16.1. The summed E-state index contributed by atoms with van der Waals surface area (Å²) < 4.78 is 1.40. The first-order valence-corrected chi connectivity index (χ1v) is 44.7.